The van der Waals surface area contributed by atoms with Crippen LogP contribution in [0.5, 0.6) is 0 Å². The third-order valence-electron chi connectivity index (χ3n) is 3.34. The molecular formula is C17H13F2N3O. The van der Waals surface area contributed by atoms with Gasteiger partial charge in [-0.05, 0) is 48.5 Å². The smallest absolute Gasteiger partial charge is 0.192 e. The van der Waals surface area contributed by atoms with Crippen LogP contribution in [0.3, 0.4) is 0 Å². The molecular weight excluding hydrogens is 300 g/mol. The fourth-order valence-electron chi connectivity index (χ4n) is 2.19. The van der Waals surface area contributed by atoms with Crippen LogP contribution in [0.25, 0.3) is 0 Å². The van der Waals surface area contributed by atoms with Gasteiger partial charge in [0.2, 0.25) is 0 Å². The van der Waals surface area contributed by atoms with Gasteiger partial charge in [0.25, 0.3) is 0 Å². The largest absolute Gasteiger partial charge is 0.369 e. The Kier molecular flexibility index (Phi) is 4.14. The molecule has 0 aliphatic heterocycles. The highest BCUT2D eigenvalue weighted by atomic mass is 19.1. The SMILES string of the molecule is O=C(c1ccc(F)cc1)C(Nc1ccc(F)cc1)c1ncc[nH]1. The molecule has 1 atom stereocenters. The molecule has 23 heavy (non-hydrogen) atoms. The molecule has 6 heteroatoms. The number of imidazole rings is 1. The van der Waals surface area contributed by atoms with E-state index in [4.69, 9.17) is 0 Å². The molecule has 3 aromatic rings. The van der Waals surface area contributed by atoms with Crippen LogP contribution in [0.15, 0.2) is 60.9 Å². The van der Waals surface area contributed by atoms with Crippen LogP contribution < -0.4 is 5.32 Å². The highest BCUT2D eigenvalue weighted by Crippen LogP contribution is 2.22. The Bertz CT molecular complexity index is 784. The molecule has 1 heterocycles. The highest BCUT2D eigenvalue weighted by molar-refractivity contribution is 6.01. The van der Waals surface area contributed by atoms with Crippen molar-refractivity contribution in [3.05, 3.63) is 83.9 Å². The Hall–Kier alpha value is -3.02. The van der Waals surface area contributed by atoms with Gasteiger partial charge < -0.3 is 10.3 Å². The van der Waals surface area contributed by atoms with Crippen LogP contribution in [-0.2, 0) is 0 Å². The number of carbonyl (C=O) groups excluding carboxylic acids is 1. The number of nitrogens with zero attached hydrogens (tertiary/aromatic N) is 1. The summed E-state index contributed by atoms with van der Waals surface area (Å²) in [7, 11) is 0. The van der Waals surface area contributed by atoms with Gasteiger partial charge in [0.05, 0.1) is 0 Å². The summed E-state index contributed by atoms with van der Waals surface area (Å²) < 4.78 is 26.0. The van der Waals surface area contributed by atoms with Gasteiger partial charge in [-0.3, -0.25) is 4.79 Å². The molecule has 0 saturated carbocycles. The summed E-state index contributed by atoms with van der Waals surface area (Å²) in [6.07, 6.45) is 3.14. The third-order valence-corrected chi connectivity index (χ3v) is 3.34. The molecule has 3 rings (SSSR count). The Labute approximate surface area is 131 Å². The Balaban J connectivity index is 1.91. The quantitative estimate of drug-likeness (QED) is 0.706. The van der Waals surface area contributed by atoms with E-state index in [1.807, 2.05) is 0 Å². The van der Waals surface area contributed by atoms with Crippen molar-refractivity contribution in [1.29, 1.82) is 0 Å². The van der Waals surface area contributed by atoms with Gasteiger partial charge in [0.15, 0.2) is 5.78 Å². The minimum atomic E-state index is -0.791. The molecule has 0 saturated heterocycles. The van der Waals surface area contributed by atoms with Crippen LogP contribution >= 0.6 is 0 Å². The van der Waals surface area contributed by atoms with Gasteiger partial charge in [-0.2, -0.15) is 0 Å². The van der Waals surface area contributed by atoms with Crippen molar-refractivity contribution in [1.82, 2.24) is 9.97 Å². The lowest BCUT2D eigenvalue weighted by Crippen LogP contribution is -2.22. The average Bonchev–Trinajstić information content (AvgIpc) is 3.08. The zero-order valence-electron chi connectivity index (χ0n) is 12.0. The van der Waals surface area contributed by atoms with E-state index in [2.05, 4.69) is 15.3 Å². The van der Waals surface area contributed by atoms with E-state index in [1.165, 1.54) is 54.7 Å². The van der Waals surface area contributed by atoms with Crippen LogP contribution in [0.4, 0.5) is 14.5 Å². The minimum absolute atomic E-state index is 0.274. The second kappa shape index (κ2) is 6.39. The fourth-order valence-corrected chi connectivity index (χ4v) is 2.19. The maximum absolute atomic E-state index is 13.0. The molecule has 0 radical (unpaired) electrons. The summed E-state index contributed by atoms with van der Waals surface area (Å²) >= 11 is 0. The Morgan fingerprint density at radius 1 is 1.00 bits per heavy atom. The van der Waals surface area contributed by atoms with Gasteiger partial charge in [0.1, 0.15) is 23.5 Å². The molecule has 0 aliphatic rings. The average molecular weight is 313 g/mol. The first-order valence-corrected chi connectivity index (χ1v) is 6.94. The minimum Gasteiger partial charge on any atom is -0.369 e. The Morgan fingerprint density at radius 3 is 2.17 bits per heavy atom. The molecule has 4 nitrogen and oxygen atoms in total. The summed E-state index contributed by atoms with van der Waals surface area (Å²) in [5, 5.41) is 3.02. The molecule has 0 fully saturated rings. The van der Waals surface area contributed by atoms with Crippen molar-refractivity contribution >= 4 is 11.5 Å². The zero-order chi connectivity index (χ0) is 16.2. The monoisotopic (exact) mass is 313 g/mol. The number of carbonyl (C=O) groups is 1. The van der Waals surface area contributed by atoms with E-state index in [1.54, 1.807) is 6.20 Å². The van der Waals surface area contributed by atoms with E-state index in [-0.39, 0.29) is 11.6 Å². The number of hydrogen-bond donors (Lipinski definition) is 2. The first kappa shape index (κ1) is 14.9. The number of Topliss-reactive ketones (excluding diaryl/α,β-unsaturated/α-hetero) is 1. The van der Waals surface area contributed by atoms with Gasteiger partial charge in [-0.25, -0.2) is 13.8 Å². The number of hydrogen-bond acceptors (Lipinski definition) is 3. The number of rotatable bonds is 5. The van der Waals surface area contributed by atoms with E-state index in [0.29, 0.717) is 17.1 Å². The van der Waals surface area contributed by atoms with E-state index >= 15 is 0 Å². The van der Waals surface area contributed by atoms with Crippen molar-refractivity contribution in [3.63, 3.8) is 0 Å². The summed E-state index contributed by atoms with van der Waals surface area (Å²) in [4.78, 5) is 19.7. The molecule has 1 aromatic heterocycles. The predicted octanol–water partition coefficient (Wildman–Crippen LogP) is 3.72. The number of aromatic nitrogens is 2. The first-order valence-electron chi connectivity index (χ1n) is 6.94. The summed E-state index contributed by atoms with van der Waals surface area (Å²) in [6, 6.07) is 10.1. The van der Waals surface area contributed by atoms with Crippen LogP contribution in [0.2, 0.25) is 0 Å². The molecule has 2 aromatic carbocycles. The first-order chi connectivity index (χ1) is 11.1. The topological polar surface area (TPSA) is 57.8 Å². The number of aromatic amines is 1. The molecule has 1 unspecified atom stereocenters. The van der Waals surface area contributed by atoms with Crippen molar-refractivity contribution in [2.24, 2.45) is 0 Å². The van der Waals surface area contributed by atoms with Crippen LogP contribution in [0.1, 0.15) is 22.2 Å². The van der Waals surface area contributed by atoms with Crippen molar-refractivity contribution in [3.8, 4) is 0 Å². The number of nitrogens with one attached hydrogen (secondary N) is 2. The standard InChI is InChI=1S/C17H13F2N3O/c18-12-3-1-11(2-4-12)16(23)15(17-20-9-10-21-17)22-14-7-5-13(19)6-8-14/h1-10,15,22H,(H,20,21). The normalized spacial score (nSPS) is 11.9. The second-order valence-corrected chi connectivity index (χ2v) is 4.93. The molecule has 116 valence electrons. The molecule has 0 aliphatic carbocycles. The lowest BCUT2D eigenvalue weighted by Gasteiger charge is -2.17. The van der Waals surface area contributed by atoms with Gasteiger partial charge in [-0.15, -0.1) is 0 Å². The summed E-state index contributed by atoms with van der Waals surface area (Å²) in [6.45, 7) is 0. The Morgan fingerprint density at radius 2 is 1.61 bits per heavy atom. The number of halogens is 2. The van der Waals surface area contributed by atoms with Crippen molar-refractivity contribution in [2.75, 3.05) is 5.32 Å². The third kappa shape index (κ3) is 3.42. The van der Waals surface area contributed by atoms with Crippen LogP contribution in [0, 0.1) is 11.6 Å². The number of benzene rings is 2. The lowest BCUT2D eigenvalue weighted by atomic mass is 10.0. The molecule has 0 amide bonds. The second-order valence-electron chi connectivity index (χ2n) is 4.93. The van der Waals surface area contributed by atoms with Crippen molar-refractivity contribution < 1.29 is 13.6 Å². The predicted molar refractivity (Wildman–Crippen MR) is 82.1 cm³/mol. The summed E-state index contributed by atoms with van der Waals surface area (Å²) in [5.74, 6) is -0.634. The van der Waals surface area contributed by atoms with Gasteiger partial charge in [-0.1, -0.05) is 0 Å². The number of H-pyrrole nitrogens is 1. The summed E-state index contributed by atoms with van der Waals surface area (Å²) in [5.41, 5.74) is 0.922. The number of ketones is 1. The maximum Gasteiger partial charge on any atom is 0.192 e. The van der Waals surface area contributed by atoms with E-state index in [9.17, 15) is 13.6 Å². The van der Waals surface area contributed by atoms with Crippen molar-refractivity contribution in [2.45, 2.75) is 6.04 Å². The van der Waals surface area contributed by atoms with E-state index < -0.39 is 11.9 Å². The maximum atomic E-state index is 13.0. The van der Waals surface area contributed by atoms with Gasteiger partial charge >= 0.3 is 0 Å². The van der Waals surface area contributed by atoms with Gasteiger partial charge in [0, 0.05) is 23.6 Å². The molecule has 0 spiro atoms. The zero-order valence-corrected chi connectivity index (χ0v) is 12.0. The highest BCUT2D eigenvalue weighted by Gasteiger charge is 2.24. The van der Waals surface area contributed by atoms with Crippen LogP contribution in [-0.4, -0.2) is 15.8 Å². The molecule has 2 N–H and O–H groups in total. The molecule has 0 bridgehead atoms. The lowest BCUT2D eigenvalue weighted by molar-refractivity contribution is 0.0966. The van der Waals surface area contributed by atoms with E-state index in [0.717, 1.165) is 0 Å². The number of anilines is 1. The fraction of sp³-hybridized carbons (Fsp3) is 0.0588.